The van der Waals surface area contributed by atoms with Crippen LogP contribution in [0.25, 0.3) is 6.08 Å². The molecular formula is C21H28N2O4. The maximum Gasteiger partial charge on any atom is 0.312 e. The van der Waals surface area contributed by atoms with Crippen LogP contribution in [-0.4, -0.2) is 28.2 Å². The molecule has 6 nitrogen and oxygen atoms in total. The summed E-state index contributed by atoms with van der Waals surface area (Å²) in [5.41, 5.74) is 2.91. The topological polar surface area (TPSA) is 88.5 Å². The summed E-state index contributed by atoms with van der Waals surface area (Å²) in [5, 5.41) is 8.48. The molecule has 2 aliphatic carbocycles. The van der Waals surface area contributed by atoms with Gasteiger partial charge in [-0.05, 0) is 69.1 Å². The van der Waals surface area contributed by atoms with Crippen LogP contribution < -0.4 is 5.48 Å². The Morgan fingerprint density at radius 3 is 2.59 bits per heavy atom. The fourth-order valence-electron chi connectivity index (χ4n) is 4.15. The number of hydroxylamine groups is 1. The maximum atomic E-state index is 12.9. The highest BCUT2D eigenvalue weighted by molar-refractivity contribution is 5.90. The van der Waals surface area contributed by atoms with Crippen molar-refractivity contribution in [1.29, 1.82) is 0 Å². The maximum absolute atomic E-state index is 12.9. The normalized spacial score (nSPS) is 19.4. The van der Waals surface area contributed by atoms with Crippen molar-refractivity contribution in [3.05, 3.63) is 35.7 Å². The quantitative estimate of drug-likeness (QED) is 0.330. The van der Waals surface area contributed by atoms with Gasteiger partial charge in [0, 0.05) is 12.3 Å². The number of carbonyl (C=O) groups excluding carboxylic acids is 2. The van der Waals surface area contributed by atoms with Crippen LogP contribution >= 0.6 is 0 Å². The minimum absolute atomic E-state index is 0.00873. The van der Waals surface area contributed by atoms with Gasteiger partial charge >= 0.3 is 5.97 Å². The van der Waals surface area contributed by atoms with Crippen molar-refractivity contribution in [1.82, 2.24) is 10.5 Å². The number of pyridine rings is 1. The number of amides is 1. The molecule has 0 atom stereocenters. The molecule has 146 valence electrons. The molecule has 1 aromatic heterocycles. The first-order chi connectivity index (χ1) is 13.1. The third-order valence-corrected chi connectivity index (χ3v) is 5.83. The van der Waals surface area contributed by atoms with E-state index in [0.717, 1.165) is 69.8 Å². The molecule has 27 heavy (non-hydrogen) atoms. The molecule has 0 spiro atoms. The van der Waals surface area contributed by atoms with Gasteiger partial charge in [0.25, 0.3) is 5.91 Å². The summed E-state index contributed by atoms with van der Waals surface area (Å²) in [6, 6.07) is 3.79. The lowest BCUT2D eigenvalue weighted by atomic mass is 9.80. The lowest BCUT2D eigenvalue weighted by Gasteiger charge is -2.28. The first-order valence-corrected chi connectivity index (χ1v) is 9.89. The van der Waals surface area contributed by atoms with Crippen LogP contribution in [0.3, 0.4) is 0 Å². The minimum Gasteiger partial charge on any atom is -0.462 e. The van der Waals surface area contributed by atoms with Crippen molar-refractivity contribution in [2.45, 2.75) is 70.3 Å². The molecule has 0 aliphatic heterocycles. The average molecular weight is 372 g/mol. The van der Waals surface area contributed by atoms with Crippen LogP contribution in [0, 0.1) is 5.41 Å². The number of aromatic nitrogens is 1. The van der Waals surface area contributed by atoms with E-state index >= 15 is 0 Å². The standard InChI is InChI=1S/C21H28N2O4/c24-19(23-26)10-9-17-8-7-16(15-22-17)11-14-21(12-3-4-13-21)20(25)27-18-5-1-2-6-18/h7-10,15,18,26H,1-6,11-14H2,(H,23,24)/b10-9+. The Morgan fingerprint density at radius 1 is 1.22 bits per heavy atom. The number of hydrogen-bond donors (Lipinski definition) is 2. The summed E-state index contributed by atoms with van der Waals surface area (Å²) in [6.07, 6.45) is 14.6. The Balaban J connectivity index is 1.58. The van der Waals surface area contributed by atoms with Crippen molar-refractivity contribution < 1.29 is 19.5 Å². The van der Waals surface area contributed by atoms with Crippen LogP contribution in [0.5, 0.6) is 0 Å². The van der Waals surface area contributed by atoms with E-state index in [9.17, 15) is 9.59 Å². The molecule has 2 aliphatic rings. The van der Waals surface area contributed by atoms with Gasteiger partial charge in [0.15, 0.2) is 0 Å². The largest absolute Gasteiger partial charge is 0.462 e. The van der Waals surface area contributed by atoms with E-state index in [0.29, 0.717) is 5.69 Å². The lowest BCUT2D eigenvalue weighted by molar-refractivity contribution is -0.161. The summed E-state index contributed by atoms with van der Waals surface area (Å²) in [4.78, 5) is 28.2. The zero-order valence-electron chi connectivity index (χ0n) is 15.7. The van der Waals surface area contributed by atoms with Crippen LogP contribution in [0.4, 0.5) is 0 Å². The molecule has 1 aromatic rings. The highest BCUT2D eigenvalue weighted by atomic mass is 16.5. The van der Waals surface area contributed by atoms with Crippen molar-refractivity contribution in [2.24, 2.45) is 5.41 Å². The van der Waals surface area contributed by atoms with Gasteiger partial charge < -0.3 is 4.74 Å². The highest BCUT2D eigenvalue weighted by Crippen LogP contribution is 2.43. The van der Waals surface area contributed by atoms with Crippen molar-refractivity contribution in [2.75, 3.05) is 0 Å². The number of hydrogen-bond acceptors (Lipinski definition) is 5. The van der Waals surface area contributed by atoms with Gasteiger partial charge in [-0.3, -0.25) is 19.8 Å². The zero-order valence-corrected chi connectivity index (χ0v) is 15.7. The first kappa shape index (κ1) is 19.5. The molecule has 1 amide bonds. The lowest BCUT2D eigenvalue weighted by Crippen LogP contribution is -2.33. The second-order valence-corrected chi connectivity index (χ2v) is 7.70. The predicted molar refractivity (Wildman–Crippen MR) is 101 cm³/mol. The number of nitrogens with one attached hydrogen (secondary N) is 1. The Hall–Kier alpha value is -2.21. The fourth-order valence-corrected chi connectivity index (χ4v) is 4.15. The predicted octanol–water partition coefficient (Wildman–Crippen LogP) is 3.58. The average Bonchev–Trinajstić information content (AvgIpc) is 3.38. The number of nitrogens with zero attached hydrogens (tertiary/aromatic N) is 1. The molecule has 1 heterocycles. The first-order valence-electron chi connectivity index (χ1n) is 9.89. The number of carbonyl (C=O) groups is 2. The van der Waals surface area contributed by atoms with Crippen LogP contribution in [0.15, 0.2) is 24.4 Å². The molecule has 0 bridgehead atoms. The molecule has 2 saturated carbocycles. The SMILES string of the molecule is O=C(/C=C/c1ccc(CCC2(C(=O)OC3CCCC3)CCCC2)cn1)NO. The van der Waals surface area contributed by atoms with Crippen molar-refractivity contribution in [3.8, 4) is 0 Å². The Labute approximate surface area is 160 Å². The number of ether oxygens (including phenoxy) is 1. The van der Waals surface area contributed by atoms with E-state index in [2.05, 4.69) is 4.98 Å². The molecule has 0 saturated heterocycles. The van der Waals surface area contributed by atoms with Gasteiger partial charge in [0.1, 0.15) is 6.10 Å². The molecule has 0 radical (unpaired) electrons. The van der Waals surface area contributed by atoms with Gasteiger partial charge in [-0.2, -0.15) is 0 Å². The van der Waals surface area contributed by atoms with Crippen LogP contribution in [0.2, 0.25) is 0 Å². The van der Waals surface area contributed by atoms with Crippen molar-refractivity contribution in [3.63, 3.8) is 0 Å². The Morgan fingerprint density at radius 2 is 1.96 bits per heavy atom. The number of esters is 1. The molecule has 2 N–H and O–H groups in total. The van der Waals surface area contributed by atoms with E-state index < -0.39 is 5.91 Å². The third kappa shape index (κ3) is 5.16. The van der Waals surface area contributed by atoms with Crippen LogP contribution in [-0.2, 0) is 20.7 Å². The summed E-state index contributed by atoms with van der Waals surface area (Å²) in [7, 11) is 0. The smallest absolute Gasteiger partial charge is 0.312 e. The molecule has 3 rings (SSSR count). The van der Waals surface area contributed by atoms with Gasteiger partial charge in [0.2, 0.25) is 0 Å². The van der Waals surface area contributed by atoms with E-state index in [1.807, 2.05) is 12.1 Å². The summed E-state index contributed by atoms with van der Waals surface area (Å²) >= 11 is 0. The molecule has 6 heteroatoms. The minimum atomic E-state index is -0.593. The van der Waals surface area contributed by atoms with Gasteiger partial charge in [-0.1, -0.05) is 18.9 Å². The summed E-state index contributed by atoms with van der Waals surface area (Å²) < 4.78 is 5.85. The molecule has 0 unspecified atom stereocenters. The zero-order chi connectivity index (χ0) is 19.1. The van der Waals surface area contributed by atoms with Gasteiger partial charge in [-0.15, -0.1) is 0 Å². The van der Waals surface area contributed by atoms with E-state index in [4.69, 9.17) is 9.94 Å². The van der Waals surface area contributed by atoms with Gasteiger partial charge in [0.05, 0.1) is 11.1 Å². The number of aryl methyl sites for hydroxylation is 1. The second-order valence-electron chi connectivity index (χ2n) is 7.70. The Bertz CT molecular complexity index is 672. The number of rotatable bonds is 7. The van der Waals surface area contributed by atoms with E-state index in [-0.39, 0.29) is 17.5 Å². The molecule has 0 aromatic carbocycles. The second kappa shape index (κ2) is 9.13. The summed E-state index contributed by atoms with van der Waals surface area (Å²) in [5.74, 6) is -0.584. The van der Waals surface area contributed by atoms with Gasteiger partial charge in [-0.25, -0.2) is 5.48 Å². The fraction of sp³-hybridized carbons (Fsp3) is 0.571. The summed E-state index contributed by atoms with van der Waals surface area (Å²) in [6.45, 7) is 0. The van der Waals surface area contributed by atoms with Crippen LogP contribution in [0.1, 0.15) is 69.0 Å². The molecule has 2 fully saturated rings. The van der Waals surface area contributed by atoms with Crippen molar-refractivity contribution >= 4 is 18.0 Å². The molecular weight excluding hydrogens is 344 g/mol. The monoisotopic (exact) mass is 372 g/mol. The third-order valence-electron chi connectivity index (χ3n) is 5.83. The Kier molecular flexibility index (Phi) is 6.61. The van der Waals surface area contributed by atoms with E-state index in [1.165, 1.54) is 12.2 Å². The highest BCUT2D eigenvalue weighted by Gasteiger charge is 2.43. The van der Waals surface area contributed by atoms with E-state index in [1.54, 1.807) is 11.7 Å².